The van der Waals surface area contributed by atoms with Gasteiger partial charge in [0.05, 0.1) is 0 Å². The van der Waals surface area contributed by atoms with Crippen molar-refractivity contribution >= 4 is 6.21 Å². The lowest BCUT2D eigenvalue weighted by Gasteiger charge is -2.19. The normalized spacial score (nSPS) is 13.6. The van der Waals surface area contributed by atoms with Crippen LogP contribution in [0.5, 0.6) is 0 Å². The first-order valence-electron chi connectivity index (χ1n) is 4.56. The van der Waals surface area contributed by atoms with Gasteiger partial charge in [0.2, 0.25) is 0 Å². The van der Waals surface area contributed by atoms with E-state index in [1.807, 2.05) is 31.4 Å². The molecule has 0 rings (SSSR count). The Morgan fingerprint density at radius 3 is 2.31 bits per heavy atom. The first-order chi connectivity index (χ1) is 6.07. The van der Waals surface area contributed by atoms with Crippen LogP contribution in [0.2, 0.25) is 0 Å². The molecular formula is C10H21N3. The molecule has 13 heavy (non-hydrogen) atoms. The molecule has 0 spiro atoms. The van der Waals surface area contributed by atoms with Gasteiger partial charge in [-0.05, 0) is 26.9 Å². The van der Waals surface area contributed by atoms with Crippen LogP contribution in [0.3, 0.4) is 0 Å². The van der Waals surface area contributed by atoms with Crippen LogP contribution in [0.25, 0.3) is 0 Å². The van der Waals surface area contributed by atoms with Gasteiger partial charge in [-0.15, -0.1) is 6.58 Å². The molecule has 76 valence electrons. The van der Waals surface area contributed by atoms with Crippen LogP contribution in [-0.2, 0) is 0 Å². The molecule has 0 radical (unpaired) electrons. The van der Waals surface area contributed by atoms with E-state index in [-0.39, 0.29) is 0 Å². The van der Waals surface area contributed by atoms with E-state index in [9.17, 15) is 0 Å². The van der Waals surface area contributed by atoms with Gasteiger partial charge in [-0.3, -0.25) is 0 Å². The van der Waals surface area contributed by atoms with Gasteiger partial charge >= 0.3 is 0 Å². The second-order valence-electron chi connectivity index (χ2n) is 3.51. The van der Waals surface area contributed by atoms with Crippen molar-refractivity contribution in [1.82, 2.24) is 9.91 Å². The topological polar surface area (TPSA) is 18.8 Å². The van der Waals surface area contributed by atoms with Crippen molar-refractivity contribution in [2.75, 3.05) is 28.2 Å². The quantitative estimate of drug-likeness (QED) is 0.352. The van der Waals surface area contributed by atoms with Crippen LogP contribution in [0.4, 0.5) is 0 Å². The van der Waals surface area contributed by atoms with Gasteiger partial charge < -0.3 is 9.91 Å². The largest absolute Gasteiger partial charge is 0.303 e. The Hall–Kier alpha value is -0.830. The zero-order valence-electron chi connectivity index (χ0n) is 9.20. The molecule has 0 aromatic heterocycles. The third-order valence-electron chi connectivity index (χ3n) is 1.80. The van der Waals surface area contributed by atoms with Crippen molar-refractivity contribution in [1.29, 1.82) is 0 Å². The molecule has 0 saturated heterocycles. The van der Waals surface area contributed by atoms with Gasteiger partial charge in [0, 0.05) is 26.4 Å². The van der Waals surface area contributed by atoms with Gasteiger partial charge in [-0.25, -0.2) is 0 Å². The van der Waals surface area contributed by atoms with E-state index in [1.165, 1.54) is 0 Å². The highest BCUT2D eigenvalue weighted by Crippen LogP contribution is 2.01. The Morgan fingerprint density at radius 1 is 1.31 bits per heavy atom. The summed E-state index contributed by atoms with van der Waals surface area (Å²) in [4.78, 5) is 2.16. The van der Waals surface area contributed by atoms with Crippen molar-refractivity contribution in [3.05, 3.63) is 12.7 Å². The van der Waals surface area contributed by atoms with E-state index in [0.717, 1.165) is 12.8 Å². The van der Waals surface area contributed by atoms with Crippen molar-refractivity contribution < 1.29 is 0 Å². The molecule has 0 heterocycles. The summed E-state index contributed by atoms with van der Waals surface area (Å²) >= 11 is 0. The van der Waals surface area contributed by atoms with Gasteiger partial charge in [0.15, 0.2) is 0 Å². The fraction of sp³-hybridized carbons (Fsp3) is 0.700. The monoisotopic (exact) mass is 183 g/mol. The lowest BCUT2D eigenvalue weighted by Crippen LogP contribution is -2.29. The fourth-order valence-electron chi connectivity index (χ4n) is 0.965. The average Bonchev–Trinajstić information content (AvgIpc) is 2.03. The Balaban J connectivity index is 4.01. The maximum absolute atomic E-state index is 4.23. The maximum Gasteiger partial charge on any atom is 0.0465 e. The van der Waals surface area contributed by atoms with Gasteiger partial charge in [-0.2, -0.15) is 5.10 Å². The van der Waals surface area contributed by atoms with E-state index in [1.54, 1.807) is 0 Å². The summed E-state index contributed by atoms with van der Waals surface area (Å²) in [5.74, 6) is 0. The molecule has 0 amide bonds. The molecule has 0 aliphatic carbocycles. The predicted octanol–water partition coefficient (Wildman–Crippen LogP) is 1.43. The summed E-state index contributed by atoms with van der Waals surface area (Å²) in [7, 11) is 7.98. The average molecular weight is 183 g/mol. The van der Waals surface area contributed by atoms with Crippen molar-refractivity contribution in [3.63, 3.8) is 0 Å². The smallest absolute Gasteiger partial charge is 0.0465 e. The van der Waals surface area contributed by atoms with Crippen molar-refractivity contribution in [2.45, 2.75) is 18.9 Å². The molecule has 0 aromatic carbocycles. The third-order valence-corrected chi connectivity index (χ3v) is 1.80. The zero-order chi connectivity index (χ0) is 10.3. The molecule has 0 saturated carbocycles. The lowest BCUT2D eigenvalue weighted by atomic mass is 10.1. The standard InChI is InChI=1S/C10H21N3/c1-6-7-8-10(12(2)3)9-11-13(4)5/h6,9-10H,1,7-8H2,2-5H3/b11-9+. The third kappa shape index (κ3) is 6.34. The molecule has 1 atom stereocenters. The van der Waals surface area contributed by atoms with Crippen LogP contribution in [0, 0.1) is 0 Å². The van der Waals surface area contributed by atoms with E-state index < -0.39 is 0 Å². The minimum absolute atomic E-state index is 0.403. The van der Waals surface area contributed by atoms with Crippen LogP contribution < -0.4 is 0 Å². The first kappa shape index (κ1) is 12.2. The number of rotatable bonds is 6. The Labute approximate surface area is 81.7 Å². The zero-order valence-corrected chi connectivity index (χ0v) is 9.20. The van der Waals surface area contributed by atoms with Gasteiger partial charge in [0.1, 0.15) is 0 Å². The van der Waals surface area contributed by atoms with Gasteiger partial charge in [0.25, 0.3) is 0 Å². The summed E-state index contributed by atoms with van der Waals surface area (Å²) in [6.07, 6.45) is 6.03. The highest BCUT2D eigenvalue weighted by molar-refractivity contribution is 5.63. The van der Waals surface area contributed by atoms with Crippen LogP contribution in [-0.4, -0.2) is 50.4 Å². The Morgan fingerprint density at radius 2 is 1.92 bits per heavy atom. The lowest BCUT2D eigenvalue weighted by molar-refractivity contribution is 0.345. The molecular weight excluding hydrogens is 162 g/mol. The molecule has 3 nitrogen and oxygen atoms in total. The molecule has 0 aliphatic heterocycles. The SMILES string of the molecule is C=CCCC(/C=N/N(C)C)N(C)C. The number of hydrazone groups is 1. The summed E-state index contributed by atoms with van der Waals surface area (Å²) < 4.78 is 0. The Bertz CT molecular complexity index is 162. The van der Waals surface area contributed by atoms with Crippen LogP contribution in [0.1, 0.15) is 12.8 Å². The number of hydrogen-bond donors (Lipinski definition) is 0. The summed E-state index contributed by atoms with van der Waals surface area (Å²) in [5.41, 5.74) is 0. The minimum atomic E-state index is 0.403. The second kappa shape index (κ2) is 6.66. The van der Waals surface area contributed by atoms with Gasteiger partial charge in [-0.1, -0.05) is 6.08 Å². The molecule has 0 aliphatic rings. The van der Waals surface area contributed by atoms with Crippen LogP contribution >= 0.6 is 0 Å². The highest BCUT2D eigenvalue weighted by atomic mass is 15.4. The number of hydrogen-bond acceptors (Lipinski definition) is 3. The summed E-state index contributed by atoms with van der Waals surface area (Å²) in [5, 5.41) is 6.04. The van der Waals surface area contributed by atoms with E-state index in [2.05, 4.69) is 30.7 Å². The predicted molar refractivity (Wildman–Crippen MR) is 59.1 cm³/mol. The molecule has 0 aromatic rings. The summed E-state index contributed by atoms with van der Waals surface area (Å²) in [6, 6.07) is 0.403. The van der Waals surface area contributed by atoms with E-state index >= 15 is 0 Å². The highest BCUT2D eigenvalue weighted by Gasteiger charge is 2.06. The van der Waals surface area contributed by atoms with E-state index in [0.29, 0.717) is 6.04 Å². The molecule has 0 bridgehead atoms. The number of nitrogens with zero attached hydrogens (tertiary/aromatic N) is 3. The summed E-state index contributed by atoms with van der Waals surface area (Å²) in [6.45, 7) is 3.71. The molecule has 0 fully saturated rings. The Kier molecular flexibility index (Phi) is 6.24. The van der Waals surface area contributed by atoms with Crippen molar-refractivity contribution in [2.24, 2.45) is 5.10 Å². The van der Waals surface area contributed by atoms with Crippen LogP contribution in [0.15, 0.2) is 17.8 Å². The van der Waals surface area contributed by atoms with Crippen molar-refractivity contribution in [3.8, 4) is 0 Å². The first-order valence-corrected chi connectivity index (χ1v) is 4.56. The molecule has 0 N–H and O–H groups in total. The fourth-order valence-corrected chi connectivity index (χ4v) is 0.965. The minimum Gasteiger partial charge on any atom is -0.303 e. The molecule has 1 unspecified atom stereocenters. The second-order valence-corrected chi connectivity index (χ2v) is 3.51. The maximum atomic E-state index is 4.23. The van der Waals surface area contributed by atoms with E-state index in [4.69, 9.17) is 0 Å². The number of allylic oxidation sites excluding steroid dienone is 1. The molecule has 3 heteroatoms.